The van der Waals surface area contributed by atoms with Crippen molar-refractivity contribution in [1.29, 1.82) is 0 Å². The number of H-pyrrole nitrogens is 1. The minimum atomic E-state index is 0.0505. The SMILES string of the molecule is NCCCCCCC(=O)Nc1cccc(-c2nc3ccccc3[nH]2)c1. The van der Waals surface area contributed by atoms with Crippen molar-refractivity contribution >= 4 is 22.6 Å². The van der Waals surface area contributed by atoms with Gasteiger partial charge in [0.15, 0.2) is 0 Å². The highest BCUT2D eigenvalue weighted by Gasteiger charge is 2.07. The maximum absolute atomic E-state index is 12.1. The first-order valence-corrected chi connectivity index (χ1v) is 8.81. The number of anilines is 1. The molecule has 0 unspecified atom stereocenters. The molecule has 130 valence electrons. The molecule has 3 rings (SSSR count). The fourth-order valence-electron chi connectivity index (χ4n) is 2.84. The molecule has 0 saturated carbocycles. The van der Waals surface area contributed by atoms with Gasteiger partial charge in [-0.1, -0.05) is 37.1 Å². The molecule has 25 heavy (non-hydrogen) atoms. The average Bonchev–Trinajstić information content (AvgIpc) is 3.06. The zero-order chi connectivity index (χ0) is 17.5. The molecule has 0 atom stereocenters. The number of fused-ring (bicyclic) bond motifs is 1. The lowest BCUT2D eigenvalue weighted by molar-refractivity contribution is -0.116. The van der Waals surface area contributed by atoms with Gasteiger partial charge in [0, 0.05) is 17.7 Å². The van der Waals surface area contributed by atoms with E-state index in [2.05, 4.69) is 15.3 Å². The lowest BCUT2D eigenvalue weighted by Crippen LogP contribution is -2.11. The lowest BCUT2D eigenvalue weighted by atomic mass is 10.1. The maximum Gasteiger partial charge on any atom is 0.224 e. The number of rotatable bonds is 8. The van der Waals surface area contributed by atoms with Gasteiger partial charge in [-0.3, -0.25) is 4.79 Å². The molecule has 0 aliphatic carbocycles. The second-order valence-electron chi connectivity index (χ2n) is 6.18. The van der Waals surface area contributed by atoms with Gasteiger partial charge in [-0.15, -0.1) is 0 Å². The van der Waals surface area contributed by atoms with Gasteiger partial charge in [-0.25, -0.2) is 4.98 Å². The van der Waals surface area contributed by atoms with E-state index >= 15 is 0 Å². The van der Waals surface area contributed by atoms with E-state index in [1.54, 1.807) is 0 Å². The molecule has 4 N–H and O–H groups in total. The Morgan fingerprint density at radius 2 is 1.88 bits per heavy atom. The summed E-state index contributed by atoms with van der Waals surface area (Å²) in [4.78, 5) is 20.0. The molecule has 1 amide bonds. The van der Waals surface area contributed by atoms with Gasteiger partial charge in [0.05, 0.1) is 11.0 Å². The van der Waals surface area contributed by atoms with Crippen molar-refractivity contribution in [3.05, 3.63) is 48.5 Å². The van der Waals surface area contributed by atoms with Crippen LogP contribution in [0.3, 0.4) is 0 Å². The Morgan fingerprint density at radius 3 is 2.72 bits per heavy atom. The summed E-state index contributed by atoms with van der Waals surface area (Å²) in [6.45, 7) is 0.723. The summed E-state index contributed by atoms with van der Waals surface area (Å²) in [5.41, 5.74) is 9.16. The highest BCUT2D eigenvalue weighted by molar-refractivity contribution is 5.91. The van der Waals surface area contributed by atoms with Crippen molar-refractivity contribution in [3.8, 4) is 11.4 Å². The molecule has 0 fully saturated rings. The van der Waals surface area contributed by atoms with Gasteiger partial charge in [-0.05, 0) is 43.7 Å². The molecule has 1 aromatic heterocycles. The van der Waals surface area contributed by atoms with Crippen LogP contribution >= 0.6 is 0 Å². The number of nitrogens with one attached hydrogen (secondary N) is 2. The highest BCUT2D eigenvalue weighted by Crippen LogP contribution is 2.23. The van der Waals surface area contributed by atoms with E-state index in [0.29, 0.717) is 6.42 Å². The number of nitrogens with zero attached hydrogens (tertiary/aromatic N) is 1. The Morgan fingerprint density at radius 1 is 1.04 bits per heavy atom. The van der Waals surface area contributed by atoms with Crippen LogP contribution in [0.15, 0.2) is 48.5 Å². The monoisotopic (exact) mass is 336 g/mol. The zero-order valence-corrected chi connectivity index (χ0v) is 14.3. The summed E-state index contributed by atoms with van der Waals surface area (Å²) >= 11 is 0. The van der Waals surface area contributed by atoms with Crippen LogP contribution < -0.4 is 11.1 Å². The van der Waals surface area contributed by atoms with Gasteiger partial charge in [0.2, 0.25) is 5.91 Å². The van der Waals surface area contributed by atoms with E-state index in [4.69, 9.17) is 5.73 Å². The minimum absolute atomic E-state index is 0.0505. The number of hydrogen-bond acceptors (Lipinski definition) is 3. The van der Waals surface area contributed by atoms with Gasteiger partial charge < -0.3 is 16.0 Å². The van der Waals surface area contributed by atoms with Gasteiger partial charge in [0.25, 0.3) is 0 Å². The van der Waals surface area contributed by atoms with Crippen LogP contribution in [-0.2, 0) is 4.79 Å². The highest BCUT2D eigenvalue weighted by atomic mass is 16.1. The second-order valence-corrected chi connectivity index (χ2v) is 6.18. The van der Waals surface area contributed by atoms with Crippen molar-refractivity contribution in [1.82, 2.24) is 9.97 Å². The molecule has 0 aliphatic heterocycles. The van der Waals surface area contributed by atoms with Crippen LogP contribution in [0.25, 0.3) is 22.4 Å². The Bertz CT molecular complexity index is 807. The number of imidazole rings is 1. The van der Waals surface area contributed by atoms with Crippen LogP contribution in [0.5, 0.6) is 0 Å². The summed E-state index contributed by atoms with van der Waals surface area (Å²) in [6.07, 6.45) is 4.60. The molecule has 0 aliphatic rings. The smallest absolute Gasteiger partial charge is 0.224 e. The number of carbonyl (C=O) groups is 1. The van der Waals surface area contributed by atoms with Gasteiger partial charge >= 0.3 is 0 Å². The van der Waals surface area contributed by atoms with Crippen molar-refractivity contribution in [2.24, 2.45) is 5.73 Å². The average molecular weight is 336 g/mol. The van der Waals surface area contributed by atoms with Crippen molar-refractivity contribution in [2.45, 2.75) is 32.1 Å². The molecule has 0 bridgehead atoms. The number of benzene rings is 2. The van der Waals surface area contributed by atoms with E-state index in [1.165, 1.54) is 0 Å². The van der Waals surface area contributed by atoms with Crippen LogP contribution in [0.2, 0.25) is 0 Å². The van der Waals surface area contributed by atoms with Crippen LogP contribution in [0, 0.1) is 0 Å². The summed E-state index contributed by atoms with van der Waals surface area (Å²) < 4.78 is 0. The topological polar surface area (TPSA) is 83.8 Å². The summed E-state index contributed by atoms with van der Waals surface area (Å²) in [7, 11) is 0. The number of nitrogens with two attached hydrogens (primary N) is 1. The second kappa shape index (κ2) is 8.44. The Balaban J connectivity index is 1.62. The number of hydrogen-bond donors (Lipinski definition) is 3. The maximum atomic E-state index is 12.1. The molecule has 1 heterocycles. The van der Waals surface area contributed by atoms with Crippen LogP contribution in [0.1, 0.15) is 32.1 Å². The molecule has 2 aromatic carbocycles. The largest absolute Gasteiger partial charge is 0.338 e. The third kappa shape index (κ3) is 4.67. The number of aromatic nitrogens is 2. The van der Waals surface area contributed by atoms with Crippen molar-refractivity contribution in [3.63, 3.8) is 0 Å². The Kier molecular flexibility index (Phi) is 5.80. The molecule has 0 saturated heterocycles. The molecule has 5 nitrogen and oxygen atoms in total. The number of para-hydroxylation sites is 2. The molecule has 3 aromatic rings. The number of aromatic amines is 1. The first kappa shape index (κ1) is 17.2. The van der Waals surface area contributed by atoms with Gasteiger partial charge in [-0.2, -0.15) is 0 Å². The molecule has 0 radical (unpaired) electrons. The number of amides is 1. The van der Waals surface area contributed by atoms with Crippen molar-refractivity contribution < 1.29 is 4.79 Å². The van der Waals surface area contributed by atoms with E-state index < -0.39 is 0 Å². The summed E-state index contributed by atoms with van der Waals surface area (Å²) in [5, 5.41) is 2.97. The number of unbranched alkanes of at least 4 members (excludes halogenated alkanes) is 3. The standard InChI is InChI=1S/C20H24N4O/c21-13-6-2-1-3-12-19(25)22-16-9-7-8-15(14-16)20-23-17-10-4-5-11-18(17)24-20/h4-5,7-11,14H,1-3,6,12-13,21H2,(H,22,25)(H,23,24). The third-order valence-electron chi connectivity index (χ3n) is 4.17. The van der Waals surface area contributed by atoms with E-state index in [0.717, 1.165) is 60.3 Å². The normalized spacial score (nSPS) is 10.9. The first-order chi connectivity index (χ1) is 12.3. The molecular formula is C20H24N4O. The fraction of sp³-hybridized carbons (Fsp3) is 0.300. The van der Waals surface area contributed by atoms with Crippen LogP contribution in [-0.4, -0.2) is 22.4 Å². The van der Waals surface area contributed by atoms with E-state index in [9.17, 15) is 4.79 Å². The zero-order valence-electron chi connectivity index (χ0n) is 14.3. The Labute approximate surface area is 147 Å². The third-order valence-corrected chi connectivity index (χ3v) is 4.17. The van der Waals surface area contributed by atoms with Gasteiger partial charge in [0.1, 0.15) is 5.82 Å². The summed E-state index contributed by atoms with van der Waals surface area (Å²) in [6, 6.07) is 15.7. The predicted octanol–water partition coefficient (Wildman–Crippen LogP) is 4.08. The van der Waals surface area contributed by atoms with Crippen molar-refractivity contribution in [2.75, 3.05) is 11.9 Å². The fourth-order valence-corrected chi connectivity index (χ4v) is 2.84. The predicted molar refractivity (Wildman–Crippen MR) is 102 cm³/mol. The Hall–Kier alpha value is -2.66. The molecule has 5 heteroatoms. The van der Waals surface area contributed by atoms with E-state index in [1.807, 2.05) is 48.5 Å². The minimum Gasteiger partial charge on any atom is -0.338 e. The lowest BCUT2D eigenvalue weighted by Gasteiger charge is -2.06. The first-order valence-electron chi connectivity index (χ1n) is 8.81. The molecule has 0 spiro atoms. The quantitative estimate of drug-likeness (QED) is 0.542. The molecular weight excluding hydrogens is 312 g/mol. The number of carbonyl (C=O) groups excluding carboxylic acids is 1. The summed E-state index contributed by atoms with van der Waals surface area (Å²) in [5.74, 6) is 0.855. The van der Waals surface area contributed by atoms with E-state index in [-0.39, 0.29) is 5.91 Å². The van der Waals surface area contributed by atoms with Crippen LogP contribution in [0.4, 0.5) is 5.69 Å².